The lowest BCUT2D eigenvalue weighted by Gasteiger charge is -2.36. The number of nitrogens with zero attached hydrogens (tertiary/aromatic N) is 2. The summed E-state index contributed by atoms with van der Waals surface area (Å²) in [5, 5.41) is 14.1. The highest BCUT2D eigenvalue weighted by Gasteiger charge is 2.30. The van der Waals surface area contributed by atoms with E-state index in [0.717, 1.165) is 32.6 Å². The molecule has 1 aliphatic heterocycles. The first-order valence-electron chi connectivity index (χ1n) is 6.82. The molecule has 1 aromatic rings. The molecule has 0 bridgehead atoms. The average Bonchev–Trinajstić information content (AvgIpc) is 2.89. The summed E-state index contributed by atoms with van der Waals surface area (Å²) in [7, 11) is 0. The van der Waals surface area contributed by atoms with Gasteiger partial charge in [-0.25, -0.2) is 0 Å². The van der Waals surface area contributed by atoms with Gasteiger partial charge in [0.05, 0.1) is 12.1 Å². The van der Waals surface area contributed by atoms with Crippen LogP contribution in [0, 0.1) is 16.0 Å². The Kier molecular flexibility index (Phi) is 8.89. The van der Waals surface area contributed by atoms with E-state index in [1.54, 1.807) is 6.07 Å². The highest BCUT2D eigenvalue weighted by atomic mass is 35.5. The quantitative estimate of drug-likeness (QED) is 0.659. The number of halogens is 2. The summed E-state index contributed by atoms with van der Waals surface area (Å²) in [5.41, 5.74) is 0. The molecule has 6 nitrogen and oxygen atoms in total. The molecule has 0 aliphatic carbocycles. The molecule has 1 saturated heterocycles. The fourth-order valence-electron chi connectivity index (χ4n) is 2.60. The zero-order chi connectivity index (χ0) is 13.8. The van der Waals surface area contributed by atoms with E-state index in [4.69, 9.17) is 4.42 Å². The minimum Gasteiger partial charge on any atom is -0.404 e. The smallest absolute Gasteiger partial charge is 0.404 e. The number of rotatable bonds is 5. The van der Waals surface area contributed by atoms with Gasteiger partial charge in [-0.2, -0.15) is 0 Å². The molecule has 21 heavy (non-hydrogen) atoms. The average molecular weight is 340 g/mol. The molecule has 0 aromatic carbocycles. The summed E-state index contributed by atoms with van der Waals surface area (Å²) >= 11 is 0. The molecular formula is C13H23Cl2N3O3. The van der Waals surface area contributed by atoms with E-state index in [1.807, 2.05) is 0 Å². The molecule has 1 fully saturated rings. The summed E-state index contributed by atoms with van der Waals surface area (Å²) in [5.74, 6) is 0.949. The number of nitro groups is 1. The van der Waals surface area contributed by atoms with Gasteiger partial charge in [0, 0.05) is 26.2 Å². The Hall–Kier alpha value is -0.820. The zero-order valence-corrected chi connectivity index (χ0v) is 13.9. The normalized spacial score (nSPS) is 18.2. The summed E-state index contributed by atoms with van der Waals surface area (Å²) in [4.78, 5) is 12.6. The molecule has 1 aliphatic rings. The standard InChI is InChI=1S/C13H21N3O3.2ClH/c1-3-10(2)13(15-8-6-14-7-9-15)11-4-5-12(19-11)16(17)18;;/h4-5,10,13-14H,3,6-9H2,1-2H3;2*1H/t10?,13-;;/m1../s1. The maximum absolute atomic E-state index is 10.7. The first kappa shape index (κ1) is 20.2. The van der Waals surface area contributed by atoms with E-state index in [9.17, 15) is 10.1 Å². The van der Waals surface area contributed by atoms with E-state index in [1.165, 1.54) is 6.07 Å². The van der Waals surface area contributed by atoms with Crippen LogP contribution in [0.1, 0.15) is 32.1 Å². The van der Waals surface area contributed by atoms with Gasteiger partial charge in [0.1, 0.15) is 10.7 Å². The van der Waals surface area contributed by atoms with Crippen molar-refractivity contribution in [2.45, 2.75) is 26.3 Å². The number of hydrogen-bond donors (Lipinski definition) is 1. The number of piperazine rings is 1. The van der Waals surface area contributed by atoms with Crippen molar-refractivity contribution in [2.75, 3.05) is 26.2 Å². The first-order valence-corrected chi connectivity index (χ1v) is 6.82. The summed E-state index contributed by atoms with van der Waals surface area (Å²) in [6.45, 7) is 8.11. The Labute approximate surface area is 137 Å². The molecule has 8 heteroatoms. The van der Waals surface area contributed by atoms with Gasteiger partial charge in [0.25, 0.3) is 0 Å². The molecule has 2 atom stereocenters. The van der Waals surface area contributed by atoms with E-state index >= 15 is 0 Å². The van der Waals surface area contributed by atoms with Gasteiger partial charge in [-0.3, -0.25) is 15.0 Å². The molecule has 122 valence electrons. The topological polar surface area (TPSA) is 71.5 Å². The van der Waals surface area contributed by atoms with Gasteiger partial charge in [-0.15, -0.1) is 24.8 Å². The van der Waals surface area contributed by atoms with Gasteiger partial charge >= 0.3 is 5.88 Å². The van der Waals surface area contributed by atoms with Crippen LogP contribution in [0.5, 0.6) is 0 Å². The number of furan rings is 1. The van der Waals surface area contributed by atoms with Gasteiger partial charge in [0.2, 0.25) is 0 Å². The predicted octanol–water partition coefficient (Wildman–Crippen LogP) is 3.02. The van der Waals surface area contributed by atoms with Crippen molar-refractivity contribution >= 4 is 30.7 Å². The fraction of sp³-hybridized carbons (Fsp3) is 0.692. The van der Waals surface area contributed by atoms with Crippen LogP contribution in [0.25, 0.3) is 0 Å². The Morgan fingerprint density at radius 2 is 2.00 bits per heavy atom. The molecule has 0 radical (unpaired) electrons. The highest BCUT2D eigenvalue weighted by molar-refractivity contribution is 5.85. The summed E-state index contributed by atoms with van der Waals surface area (Å²) in [6.07, 6.45) is 1.02. The van der Waals surface area contributed by atoms with Gasteiger partial charge in [0.15, 0.2) is 0 Å². The molecule has 1 aromatic heterocycles. The lowest BCUT2D eigenvalue weighted by atomic mass is 9.95. The number of nitrogens with one attached hydrogen (secondary N) is 1. The van der Waals surface area contributed by atoms with Crippen LogP contribution in [0.2, 0.25) is 0 Å². The fourth-order valence-corrected chi connectivity index (χ4v) is 2.60. The van der Waals surface area contributed by atoms with Crippen LogP contribution >= 0.6 is 24.8 Å². The second-order valence-corrected chi connectivity index (χ2v) is 5.05. The van der Waals surface area contributed by atoms with Crippen molar-refractivity contribution in [1.29, 1.82) is 0 Å². The van der Waals surface area contributed by atoms with Crippen molar-refractivity contribution < 1.29 is 9.34 Å². The van der Waals surface area contributed by atoms with Crippen LogP contribution in [0.4, 0.5) is 5.88 Å². The lowest BCUT2D eigenvalue weighted by molar-refractivity contribution is -0.402. The van der Waals surface area contributed by atoms with Gasteiger partial charge in [-0.05, 0) is 12.0 Å². The minimum absolute atomic E-state index is 0. The SMILES string of the molecule is CCC(C)[C@H](c1ccc([N+](=O)[O-])o1)N1CCNCC1.Cl.Cl. The first-order chi connectivity index (χ1) is 9.13. The van der Waals surface area contributed by atoms with Crippen LogP contribution in [0.15, 0.2) is 16.5 Å². The largest absolute Gasteiger partial charge is 0.433 e. The predicted molar refractivity (Wildman–Crippen MR) is 86.5 cm³/mol. The summed E-state index contributed by atoms with van der Waals surface area (Å²) in [6, 6.07) is 3.32. The molecule has 0 amide bonds. The molecule has 0 spiro atoms. The van der Waals surface area contributed by atoms with Crippen molar-refractivity contribution in [1.82, 2.24) is 10.2 Å². The van der Waals surface area contributed by atoms with Crippen LogP contribution in [0.3, 0.4) is 0 Å². The van der Waals surface area contributed by atoms with Crippen molar-refractivity contribution in [3.63, 3.8) is 0 Å². The van der Waals surface area contributed by atoms with Crippen molar-refractivity contribution in [3.8, 4) is 0 Å². The van der Waals surface area contributed by atoms with Crippen LogP contribution < -0.4 is 5.32 Å². The monoisotopic (exact) mass is 339 g/mol. The third-order valence-electron chi connectivity index (χ3n) is 3.81. The molecule has 2 heterocycles. The Morgan fingerprint density at radius 1 is 1.38 bits per heavy atom. The molecular weight excluding hydrogens is 317 g/mol. The molecule has 1 unspecified atom stereocenters. The Morgan fingerprint density at radius 3 is 2.48 bits per heavy atom. The summed E-state index contributed by atoms with van der Waals surface area (Å²) < 4.78 is 5.42. The van der Waals surface area contributed by atoms with E-state index < -0.39 is 4.92 Å². The van der Waals surface area contributed by atoms with Crippen molar-refractivity contribution in [3.05, 3.63) is 28.0 Å². The Balaban J connectivity index is 0.00000200. The number of hydrogen-bond acceptors (Lipinski definition) is 5. The highest BCUT2D eigenvalue weighted by Crippen LogP contribution is 2.33. The van der Waals surface area contributed by atoms with E-state index in [2.05, 4.69) is 24.1 Å². The van der Waals surface area contributed by atoms with Gasteiger partial charge < -0.3 is 9.73 Å². The second-order valence-electron chi connectivity index (χ2n) is 5.05. The lowest BCUT2D eigenvalue weighted by Crippen LogP contribution is -2.46. The van der Waals surface area contributed by atoms with Crippen molar-refractivity contribution in [2.24, 2.45) is 5.92 Å². The van der Waals surface area contributed by atoms with Gasteiger partial charge in [-0.1, -0.05) is 20.3 Å². The third-order valence-corrected chi connectivity index (χ3v) is 3.81. The van der Waals surface area contributed by atoms with Crippen LogP contribution in [-0.4, -0.2) is 36.0 Å². The zero-order valence-electron chi connectivity index (χ0n) is 12.3. The van der Waals surface area contributed by atoms with E-state index in [-0.39, 0.29) is 36.7 Å². The van der Waals surface area contributed by atoms with E-state index in [0.29, 0.717) is 11.7 Å². The third kappa shape index (κ3) is 4.85. The maximum atomic E-state index is 10.7. The molecule has 1 N–H and O–H groups in total. The molecule has 2 rings (SSSR count). The minimum atomic E-state index is -0.477. The second kappa shape index (κ2) is 9.25. The maximum Gasteiger partial charge on any atom is 0.433 e. The van der Waals surface area contributed by atoms with Crippen LogP contribution in [-0.2, 0) is 0 Å². The molecule has 0 saturated carbocycles. The Bertz CT molecular complexity index is 436.